The number of aryl methyl sites for hydroxylation is 1. The van der Waals surface area contributed by atoms with E-state index >= 15 is 0 Å². The lowest BCUT2D eigenvalue weighted by Gasteiger charge is -2.19. The Hall–Kier alpha value is -4.20. The third kappa shape index (κ3) is 4.59. The Morgan fingerprint density at radius 2 is 1.53 bits per heavy atom. The third-order valence-corrected chi connectivity index (χ3v) is 5.11. The van der Waals surface area contributed by atoms with E-state index in [1.165, 1.54) is 24.3 Å². The minimum atomic E-state index is -0.734. The smallest absolute Gasteiger partial charge is 0.326 e. The molecule has 0 radical (unpaired) electrons. The molecule has 0 saturated carbocycles. The van der Waals surface area contributed by atoms with Crippen LogP contribution in [0.3, 0.4) is 0 Å². The lowest BCUT2D eigenvalue weighted by molar-refractivity contribution is -0.123. The molecule has 7 nitrogen and oxygen atoms in total. The number of nitrogens with one attached hydrogen (secondary N) is 3. The van der Waals surface area contributed by atoms with Gasteiger partial charge in [0.25, 0.3) is 5.91 Å². The largest absolute Gasteiger partial charge is 0.338 e. The van der Waals surface area contributed by atoms with Gasteiger partial charge in [-0.3, -0.25) is 9.59 Å². The van der Waals surface area contributed by atoms with Crippen molar-refractivity contribution in [1.82, 2.24) is 5.43 Å². The Morgan fingerprint density at radius 3 is 2.25 bits per heavy atom. The number of benzene rings is 3. The Bertz CT molecular complexity index is 1070. The molecule has 0 aromatic heterocycles. The van der Waals surface area contributed by atoms with E-state index in [0.29, 0.717) is 22.6 Å². The summed E-state index contributed by atoms with van der Waals surface area (Å²) in [5.41, 5.74) is 5.76. The number of fused-ring (bicyclic) bond motifs is 1. The zero-order valence-electron chi connectivity index (χ0n) is 17.3. The van der Waals surface area contributed by atoms with Gasteiger partial charge in [0.05, 0.1) is 11.6 Å². The number of amides is 4. The van der Waals surface area contributed by atoms with Crippen LogP contribution in [0.4, 0.5) is 26.2 Å². The molecule has 162 valence electrons. The fourth-order valence-electron chi connectivity index (χ4n) is 3.53. The van der Waals surface area contributed by atoms with Crippen LogP contribution in [0.5, 0.6) is 0 Å². The maximum Gasteiger partial charge on any atom is 0.338 e. The summed E-state index contributed by atoms with van der Waals surface area (Å²) in [6.45, 7) is 1.95. The van der Waals surface area contributed by atoms with E-state index in [2.05, 4.69) is 16.1 Å². The molecule has 1 atom stereocenters. The van der Waals surface area contributed by atoms with Crippen molar-refractivity contribution in [3.63, 3.8) is 0 Å². The molecular formula is C24H21FN4O3. The monoisotopic (exact) mass is 432 g/mol. The number of rotatable bonds is 5. The molecule has 1 unspecified atom stereocenters. The molecule has 0 bridgehead atoms. The molecule has 8 heteroatoms. The topological polar surface area (TPSA) is 90.5 Å². The number of carbonyl (C=O) groups excluding carboxylic acids is 3. The first-order valence-corrected chi connectivity index (χ1v) is 10.0. The van der Waals surface area contributed by atoms with Crippen molar-refractivity contribution in [2.45, 2.75) is 19.3 Å². The number of hydrogen-bond donors (Lipinski definition) is 3. The highest BCUT2D eigenvalue weighted by Crippen LogP contribution is 2.38. The van der Waals surface area contributed by atoms with Gasteiger partial charge in [-0.15, -0.1) is 0 Å². The molecular weight excluding hydrogens is 411 g/mol. The number of hydrogen-bond acceptors (Lipinski definition) is 3. The van der Waals surface area contributed by atoms with Gasteiger partial charge in [0.1, 0.15) is 5.82 Å². The molecule has 1 aliphatic rings. The van der Waals surface area contributed by atoms with Gasteiger partial charge < -0.3 is 10.6 Å². The van der Waals surface area contributed by atoms with Crippen LogP contribution >= 0.6 is 0 Å². The van der Waals surface area contributed by atoms with Gasteiger partial charge in [-0.2, -0.15) is 0 Å². The quantitative estimate of drug-likeness (QED) is 0.561. The summed E-state index contributed by atoms with van der Waals surface area (Å²) in [7, 11) is 0. The van der Waals surface area contributed by atoms with Crippen molar-refractivity contribution in [2.75, 3.05) is 15.6 Å². The molecule has 1 aliphatic heterocycles. The summed E-state index contributed by atoms with van der Waals surface area (Å²) in [6, 6.07) is 18.9. The van der Waals surface area contributed by atoms with Crippen molar-refractivity contribution >= 4 is 34.9 Å². The molecule has 1 heterocycles. The van der Waals surface area contributed by atoms with E-state index in [9.17, 15) is 18.8 Å². The SMILES string of the molecule is Cc1ccc(NC(=O)CC2C(=O)N(NC(=O)Nc3ccc(F)cc3)c3ccccc32)cc1. The summed E-state index contributed by atoms with van der Waals surface area (Å²) in [4.78, 5) is 38.1. The number of hydrazine groups is 1. The molecule has 4 amide bonds. The number of nitrogens with zero attached hydrogens (tertiary/aromatic N) is 1. The molecule has 4 rings (SSSR count). The van der Waals surface area contributed by atoms with Gasteiger partial charge in [0.2, 0.25) is 5.91 Å². The average molecular weight is 432 g/mol. The van der Waals surface area contributed by atoms with Crippen molar-refractivity contribution in [1.29, 1.82) is 0 Å². The zero-order valence-corrected chi connectivity index (χ0v) is 17.3. The van der Waals surface area contributed by atoms with Crippen LogP contribution in [0.1, 0.15) is 23.5 Å². The fraction of sp³-hybridized carbons (Fsp3) is 0.125. The van der Waals surface area contributed by atoms with Crippen LogP contribution in [0.2, 0.25) is 0 Å². The first-order valence-electron chi connectivity index (χ1n) is 10.0. The van der Waals surface area contributed by atoms with Crippen LogP contribution in [-0.4, -0.2) is 17.8 Å². The van der Waals surface area contributed by atoms with Gasteiger partial charge in [-0.25, -0.2) is 19.6 Å². The van der Waals surface area contributed by atoms with E-state index in [0.717, 1.165) is 10.6 Å². The minimum Gasteiger partial charge on any atom is -0.326 e. The number of halogens is 1. The number of anilines is 3. The van der Waals surface area contributed by atoms with E-state index in [1.54, 1.807) is 36.4 Å². The van der Waals surface area contributed by atoms with Crippen LogP contribution in [0.15, 0.2) is 72.8 Å². The molecule has 0 spiro atoms. The second-order valence-electron chi connectivity index (χ2n) is 7.48. The van der Waals surface area contributed by atoms with Crippen molar-refractivity contribution < 1.29 is 18.8 Å². The Morgan fingerprint density at radius 1 is 0.906 bits per heavy atom. The Balaban J connectivity index is 1.46. The maximum absolute atomic E-state index is 13.1. The molecule has 0 saturated heterocycles. The van der Waals surface area contributed by atoms with Gasteiger partial charge >= 0.3 is 6.03 Å². The zero-order chi connectivity index (χ0) is 22.7. The predicted molar refractivity (Wildman–Crippen MR) is 120 cm³/mol. The van der Waals surface area contributed by atoms with E-state index in [1.807, 2.05) is 19.1 Å². The highest BCUT2D eigenvalue weighted by molar-refractivity contribution is 6.09. The molecule has 32 heavy (non-hydrogen) atoms. The lowest BCUT2D eigenvalue weighted by atomic mass is 9.97. The summed E-state index contributed by atoms with van der Waals surface area (Å²) in [6.07, 6.45) is -0.0680. The second-order valence-corrected chi connectivity index (χ2v) is 7.48. The van der Waals surface area contributed by atoms with Crippen molar-refractivity contribution in [2.24, 2.45) is 0 Å². The first kappa shape index (κ1) is 21.0. The van der Waals surface area contributed by atoms with Crippen LogP contribution in [-0.2, 0) is 9.59 Å². The normalized spacial score (nSPS) is 14.6. The lowest BCUT2D eigenvalue weighted by Crippen LogP contribution is -2.47. The van der Waals surface area contributed by atoms with Gasteiger partial charge in [-0.1, -0.05) is 35.9 Å². The first-order chi connectivity index (χ1) is 15.4. The number of carbonyl (C=O) groups is 3. The van der Waals surface area contributed by atoms with E-state index < -0.39 is 23.7 Å². The predicted octanol–water partition coefficient (Wildman–Crippen LogP) is 4.33. The molecule has 3 N–H and O–H groups in total. The van der Waals surface area contributed by atoms with Gasteiger partial charge in [0, 0.05) is 17.8 Å². The minimum absolute atomic E-state index is 0.0680. The second kappa shape index (κ2) is 8.89. The van der Waals surface area contributed by atoms with Crippen molar-refractivity contribution in [3.05, 3.63) is 89.7 Å². The molecule has 0 aliphatic carbocycles. The highest BCUT2D eigenvalue weighted by Gasteiger charge is 2.39. The summed E-state index contributed by atoms with van der Waals surface area (Å²) >= 11 is 0. The van der Waals surface area contributed by atoms with Crippen LogP contribution in [0.25, 0.3) is 0 Å². The number of para-hydroxylation sites is 1. The Kier molecular flexibility index (Phi) is 5.85. The standard InChI is InChI=1S/C24H21FN4O3/c1-15-6-10-17(11-7-15)26-22(30)14-20-19-4-2-3-5-21(19)29(23(20)31)28-24(32)27-18-12-8-16(25)9-13-18/h2-13,20H,14H2,1H3,(H,26,30)(H2,27,28,32). The summed E-state index contributed by atoms with van der Waals surface area (Å²) < 4.78 is 13.1. The van der Waals surface area contributed by atoms with Crippen LogP contribution < -0.4 is 21.1 Å². The molecule has 3 aromatic rings. The fourth-order valence-corrected chi connectivity index (χ4v) is 3.53. The summed E-state index contributed by atoms with van der Waals surface area (Å²) in [5.74, 6) is -1.88. The number of urea groups is 1. The van der Waals surface area contributed by atoms with E-state index in [4.69, 9.17) is 0 Å². The Labute approximate surface area is 184 Å². The third-order valence-electron chi connectivity index (χ3n) is 5.11. The molecule has 0 fully saturated rings. The van der Waals surface area contributed by atoms with E-state index in [-0.39, 0.29) is 12.3 Å². The maximum atomic E-state index is 13.1. The van der Waals surface area contributed by atoms with Crippen molar-refractivity contribution in [3.8, 4) is 0 Å². The average Bonchev–Trinajstić information content (AvgIpc) is 3.03. The highest BCUT2D eigenvalue weighted by atomic mass is 19.1. The molecule has 3 aromatic carbocycles. The van der Waals surface area contributed by atoms with Gasteiger partial charge in [0.15, 0.2) is 0 Å². The summed E-state index contributed by atoms with van der Waals surface area (Å²) in [5, 5.41) is 6.49. The van der Waals surface area contributed by atoms with Crippen LogP contribution in [0, 0.1) is 12.7 Å². The van der Waals surface area contributed by atoms with Gasteiger partial charge in [-0.05, 0) is 55.0 Å².